The molecule has 0 aliphatic carbocycles. The standard InChI is InChI=1S/C7H9N5O5/c13-5(1-12-4-8-9-10-12)11(2-6(14)15)3-7(16)17/h4H,1-3H2,(H,14,15)(H,16,17). The number of hydrogen-bond acceptors (Lipinski definition) is 6. The summed E-state index contributed by atoms with van der Waals surface area (Å²) in [6, 6.07) is 0. The first kappa shape index (κ1) is 12.5. The van der Waals surface area contributed by atoms with Crippen LogP contribution in [0.2, 0.25) is 0 Å². The van der Waals surface area contributed by atoms with Crippen molar-refractivity contribution >= 4 is 17.8 Å². The molecule has 0 aliphatic rings. The molecule has 1 rings (SSSR count). The molecule has 0 saturated heterocycles. The third kappa shape index (κ3) is 4.24. The van der Waals surface area contributed by atoms with Gasteiger partial charge in [0.05, 0.1) is 0 Å². The van der Waals surface area contributed by atoms with Crippen molar-refractivity contribution < 1.29 is 24.6 Å². The van der Waals surface area contributed by atoms with E-state index in [0.29, 0.717) is 4.90 Å². The second-order valence-electron chi connectivity index (χ2n) is 3.04. The van der Waals surface area contributed by atoms with Crippen LogP contribution in [0.1, 0.15) is 0 Å². The fourth-order valence-corrected chi connectivity index (χ4v) is 1.05. The summed E-state index contributed by atoms with van der Waals surface area (Å²) < 4.78 is 1.07. The predicted molar refractivity (Wildman–Crippen MR) is 49.7 cm³/mol. The summed E-state index contributed by atoms with van der Waals surface area (Å²) in [6.45, 7) is -1.69. The third-order valence-corrected chi connectivity index (χ3v) is 1.69. The smallest absolute Gasteiger partial charge is 0.323 e. The minimum atomic E-state index is -1.30. The van der Waals surface area contributed by atoms with Gasteiger partial charge in [-0.05, 0) is 10.4 Å². The maximum Gasteiger partial charge on any atom is 0.323 e. The number of carboxylic acid groups (broad SMARTS) is 2. The molecular weight excluding hydrogens is 234 g/mol. The molecule has 1 amide bonds. The van der Waals surface area contributed by atoms with E-state index in [1.54, 1.807) is 0 Å². The van der Waals surface area contributed by atoms with Gasteiger partial charge < -0.3 is 15.1 Å². The molecule has 0 aromatic carbocycles. The summed E-state index contributed by atoms with van der Waals surface area (Å²) in [7, 11) is 0. The zero-order valence-corrected chi connectivity index (χ0v) is 8.55. The van der Waals surface area contributed by atoms with Gasteiger partial charge in [-0.1, -0.05) is 0 Å². The van der Waals surface area contributed by atoms with Gasteiger partial charge in [-0.25, -0.2) is 4.68 Å². The molecule has 0 atom stereocenters. The van der Waals surface area contributed by atoms with Crippen molar-refractivity contribution in [2.24, 2.45) is 0 Å². The number of rotatable bonds is 6. The van der Waals surface area contributed by atoms with Crippen LogP contribution in [0.15, 0.2) is 6.33 Å². The van der Waals surface area contributed by atoms with Crippen LogP contribution < -0.4 is 0 Å². The monoisotopic (exact) mass is 243 g/mol. The van der Waals surface area contributed by atoms with Gasteiger partial charge in [-0.2, -0.15) is 0 Å². The average Bonchev–Trinajstić information content (AvgIpc) is 2.67. The lowest BCUT2D eigenvalue weighted by Crippen LogP contribution is -2.41. The second-order valence-corrected chi connectivity index (χ2v) is 3.04. The highest BCUT2D eigenvalue weighted by Gasteiger charge is 2.20. The lowest BCUT2D eigenvalue weighted by molar-refractivity contribution is -0.149. The van der Waals surface area contributed by atoms with Crippen LogP contribution in [0, 0.1) is 0 Å². The molecule has 0 unspecified atom stereocenters. The molecule has 0 bridgehead atoms. The Balaban J connectivity index is 2.65. The topological polar surface area (TPSA) is 139 Å². The number of aromatic nitrogens is 4. The molecule has 0 radical (unpaired) electrons. The van der Waals surface area contributed by atoms with Gasteiger partial charge in [-0.15, -0.1) is 5.10 Å². The highest BCUT2D eigenvalue weighted by atomic mass is 16.4. The normalized spacial score (nSPS) is 9.88. The molecule has 10 nitrogen and oxygen atoms in total. The Labute approximate surface area is 94.4 Å². The summed E-state index contributed by atoms with van der Waals surface area (Å²) in [5.74, 6) is -3.28. The average molecular weight is 243 g/mol. The zero-order valence-electron chi connectivity index (χ0n) is 8.55. The summed E-state index contributed by atoms with van der Waals surface area (Å²) in [5, 5.41) is 27.1. The van der Waals surface area contributed by atoms with Crippen molar-refractivity contribution in [1.82, 2.24) is 25.1 Å². The van der Waals surface area contributed by atoms with Crippen molar-refractivity contribution in [2.45, 2.75) is 6.54 Å². The Morgan fingerprint density at radius 2 is 1.76 bits per heavy atom. The molecule has 0 fully saturated rings. The van der Waals surface area contributed by atoms with Gasteiger partial charge in [0.2, 0.25) is 5.91 Å². The highest BCUT2D eigenvalue weighted by Crippen LogP contribution is 1.93. The molecular formula is C7H9N5O5. The number of carbonyl (C=O) groups excluding carboxylic acids is 1. The van der Waals surface area contributed by atoms with Gasteiger partial charge >= 0.3 is 11.9 Å². The first-order valence-electron chi connectivity index (χ1n) is 4.41. The van der Waals surface area contributed by atoms with Crippen molar-refractivity contribution in [3.63, 3.8) is 0 Å². The van der Waals surface area contributed by atoms with E-state index in [9.17, 15) is 14.4 Å². The van der Waals surface area contributed by atoms with Crippen LogP contribution in [0.25, 0.3) is 0 Å². The number of amides is 1. The van der Waals surface area contributed by atoms with E-state index in [4.69, 9.17) is 10.2 Å². The highest BCUT2D eigenvalue weighted by molar-refractivity contribution is 5.84. The molecule has 1 heterocycles. The van der Waals surface area contributed by atoms with Crippen LogP contribution >= 0.6 is 0 Å². The summed E-state index contributed by atoms with van der Waals surface area (Å²) >= 11 is 0. The number of nitrogens with zero attached hydrogens (tertiary/aromatic N) is 5. The Bertz CT molecular complexity index is 400. The number of tetrazole rings is 1. The van der Waals surface area contributed by atoms with Gasteiger partial charge in [-0.3, -0.25) is 14.4 Å². The quantitative estimate of drug-likeness (QED) is 0.567. The molecule has 92 valence electrons. The van der Waals surface area contributed by atoms with Gasteiger partial charge in [0.25, 0.3) is 0 Å². The van der Waals surface area contributed by atoms with Crippen molar-refractivity contribution in [3.8, 4) is 0 Å². The summed E-state index contributed by atoms with van der Waals surface area (Å²) in [5.41, 5.74) is 0. The number of carbonyl (C=O) groups is 3. The number of carboxylic acids is 2. The molecule has 0 spiro atoms. The lowest BCUT2D eigenvalue weighted by Gasteiger charge is -2.17. The third-order valence-electron chi connectivity index (χ3n) is 1.69. The Morgan fingerprint density at radius 3 is 2.18 bits per heavy atom. The van der Waals surface area contributed by atoms with E-state index in [-0.39, 0.29) is 6.54 Å². The van der Waals surface area contributed by atoms with Gasteiger partial charge in [0, 0.05) is 0 Å². The lowest BCUT2D eigenvalue weighted by atomic mass is 10.4. The largest absolute Gasteiger partial charge is 0.480 e. The maximum absolute atomic E-state index is 11.6. The maximum atomic E-state index is 11.6. The minimum Gasteiger partial charge on any atom is -0.480 e. The molecule has 1 aromatic heterocycles. The van der Waals surface area contributed by atoms with E-state index in [2.05, 4.69) is 15.5 Å². The SMILES string of the molecule is O=C(O)CN(CC(=O)O)C(=O)Cn1cnnn1. The van der Waals surface area contributed by atoms with Crippen LogP contribution in [-0.4, -0.2) is 66.3 Å². The van der Waals surface area contributed by atoms with Crippen LogP contribution in [-0.2, 0) is 20.9 Å². The fourth-order valence-electron chi connectivity index (χ4n) is 1.05. The minimum absolute atomic E-state index is 0.312. The van der Waals surface area contributed by atoms with Crippen molar-refractivity contribution in [3.05, 3.63) is 6.33 Å². The molecule has 17 heavy (non-hydrogen) atoms. The van der Waals surface area contributed by atoms with Gasteiger partial charge in [0.1, 0.15) is 26.0 Å². The Morgan fingerprint density at radius 1 is 1.18 bits per heavy atom. The van der Waals surface area contributed by atoms with Gasteiger partial charge in [0.15, 0.2) is 0 Å². The molecule has 2 N–H and O–H groups in total. The first-order valence-corrected chi connectivity index (χ1v) is 4.41. The van der Waals surface area contributed by atoms with Crippen LogP contribution in [0.3, 0.4) is 0 Å². The first-order chi connectivity index (χ1) is 7.99. The predicted octanol–water partition coefficient (Wildman–Crippen LogP) is -2.33. The molecule has 1 aromatic rings. The van der Waals surface area contributed by atoms with Crippen LogP contribution in [0.4, 0.5) is 0 Å². The van der Waals surface area contributed by atoms with E-state index in [0.717, 1.165) is 11.0 Å². The van der Waals surface area contributed by atoms with E-state index < -0.39 is 30.9 Å². The molecule has 10 heteroatoms. The van der Waals surface area contributed by atoms with E-state index in [1.807, 2.05) is 0 Å². The molecule has 0 saturated carbocycles. The van der Waals surface area contributed by atoms with E-state index in [1.165, 1.54) is 0 Å². The Hall–Kier alpha value is -2.52. The molecule has 0 aliphatic heterocycles. The second kappa shape index (κ2) is 5.53. The summed E-state index contributed by atoms with van der Waals surface area (Å²) in [6.07, 6.45) is 1.16. The number of hydrogen-bond donors (Lipinski definition) is 2. The summed E-state index contributed by atoms with van der Waals surface area (Å²) in [4.78, 5) is 33.2. The van der Waals surface area contributed by atoms with E-state index >= 15 is 0 Å². The van der Waals surface area contributed by atoms with Crippen molar-refractivity contribution in [1.29, 1.82) is 0 Å². The number of aliphatic carboxylic acids is 2. The van der Waals surface area contributed by atoms with Crippen LogP contribution in [0.5, 0.6) is 0 Å². The fraction of sp³-hybridized carbons (Fsp3) is 0.429. The zero-order chi connectivity index (χ0) is 12.8. The Kier molecular flexibility index (Phi) is 4.08. The van der Waals surface area contributed by atoms with Crippen molar-refractivity contribution in [2.75, 3.05) is 13.1 Å².